The van der Waals surface area contributed by atoms with E-state index in [4.69, 9.17) is 4.74 Å². The van der Waals surface area contributed by atoms with Crippen LogP contribution in [0.2, 0.25) is 0 Å². The minimum Gasteiger partial charge on any atom is -0.466 e. The van der Waals surface area contributed by atoms with Gasteiger partial charge in [-0.25, -0.2) is 4.98 Å². The molecule has 0 atom stereocenters. The Labute approximate surface area is 105 Å². The fourth-order valence-corrected chi connectivity index (χ4v) is 1.34. The van der Waals surface area contributed by atoms with Crippen LogP contribution in [0.5, 0.6) is 0 Å². The molecule has 0 N–H and O–H groups in total. The summed E-state index contributed by atoms with van der Waals surface area (Å²) in [6.07, 6.45) is 1.35. The second-order valence-electron chi connectivity index (χ2n) is 3.62. The molecule has 0 radical (unpaired) electrons. The van der Waals surface area contributed by atoms with Crippen molar-refractivity contribution in [3.8, 4) is 0 Å². The molecular weight excluding hydrogens is 239 g/mol. The lowest BCUT2D eigenvalue weighted by Gasteiger charge is -2.16. The van der Waals surface area contributed by atoms with Gasteiger partial charge in [-0.2, -0.15) is 4.39 Å². The number of pyridine rings is 1. The van der Waals surface area contributed by atoms with Crippen LogP contribution < -0.4 is 0 Å². The number of halogens is 1. The van der Waals surface area contributed by atoms with Crippen LogP contribution in [0.1, 0.15) is 23.7 Å². The summed E-state index contributed by atoms with van der Waals surface area (Å²) in [5.41, 5.74) is -0.108. The highest BCUT2D eigenvalue weighted by Crippen LogP contribution is 2.07. The van der Waals surface area contributed by atoms with Gasteiger partial charge in [-0.3, -0.25) is 9.59 Å². The third kappa shape index (κ3) is 3.80. The molecule has 0 spiro atoms. The molecule has 0 bridgehead atoms. The number of carbonyl (C=O) groups excluding carboxylic acids is 2. The van der Waals surface area contributed by atoms with Gasteiger partial charge in [0, 0.05) is 19.8 Å². The molecule has 1 amide bonds. The van der Waals surface area contributed by atoms with Crippen LogP contribution in [0, 0.1) is 5.95 Å². The molecule has 0 aliphatic rings. The minimum absolute atomic E-state index is 0.0813. The van der Waals surface area contributed by atoms with Gasteiger partial charge in [-0.05, 0) is 19.1 Å². The first-order chi connectivity index (χ1) is 8.56. The van der Waals surface area contributed by atoms with Crippen molar-refractivity contribution < 1.29 is 18.7 Å². The first kappa shape index (κ1) is 14.1. The van der Waals surface area contributed by atoms with Crippen molar-refractivity contribution in [1.82, 2.24) is 9.88 Å². The van der Waals surface area contributed by atoms with Crippen LogP contribution in [-0.4, -0.2) is 42.0 Å². The summed E-state index contributed by atoms with van der Waals surface area (Å²) in [6.45, 7) is 2.18. The Morgan fingerprint density at radius 3 is 2.83 bits per heavy atom. The standard InChI is InChI=1S/C12H15FN2O3/c1-3-18-10(16)6-8-15(2)12(17)9-5-4-7-14-11(9)13/h4-5,7H,3,6,8H2,1-2H3. The molecule has 5 nitrogen and oxygen atoms in total. The summed E-state index contributed by atoms with van der Waals surface area (Å²) in [7, 11) is 1.49. The molecule has 98 valence electrons. The Kier molecular flexibility index (Phi) is 5.23. The first-order valence-corrected chi connectivity index (χ1v) is 5.57. The predicted molar refractivity (Wildman–Crippen MR) is 62.4 cm³/mol. The molecule has 0 aliphatic heterocycles. The van der Waals surface area contributed by atoms with Gasteiger partial charge in [0.2, 0.25) is 5.95 Å². The average Bonchev–Trinajstić information content (AvgIpc) is 2.36. The number of nitrogens with zero attached hydrogens (tertiary/aromatic N) is 2. The lowest BCUT2D eigenvalue weighted by molar-refractivity contribution is -0.143. The zero-order valence-electron chi connectivity index (χ0n) is 10.4. The molecule has 1 rings (SSSR count). The normalized spacial score (nSPS) is 9.94. The molecule has 1 aromatic heterocycles. The van der Waals surface area contributed by atoms with Crippen molar-refractivity contribution in [2.75, 3.05) is 20.2 Å². The molecule has 0 unspecified atom stereocenters. The van der Waals surface area contributed by atoms with E-state index in [1.54, 1.807) is 6.92 Å². The van der Waals surface area contributed by atoms with Crippen molar-refractivity contribution in [2.45, 2.75) is 13.3 Å². The summed E-state index contributed by atoms with van der Waals surface area (Å²) < 4.78 is 18.0. The second-order valence-corrected chi connectivity index (χ2v) is 3.62. The van der Waals surface area contributed by atoms with Crippen LogP contribution in [0.4, 0.5) is 4.39 Å². The summed E-state index contributed by atoms with van der Waals surface area (Å²) >= 11 is 0. The van der Waals surface area contributed by atoms with E-state index in [0.717, 1.165) is 0 Å². The first-order valence-electron chi connectivity index (χ1n) is 5.57. The number of carbonyl (C=O) groups is 2. The fourth-order valence-electron chi connectivity index (χ4n) is 1.34. The maximum Gasteiger partial charge on any atom is 0.307 e. The molecule has 1 aromatic rings. The van der Waals surface area contributed by atoms with Gasteiger partial charge < -0.3 is 9.64 Å². The van der Waals surface area contributed by atoms with Gasteiger partial charge in [0.25, 0.3) is 5.91 Å². The van der Waals surface area contributed by atoms with Gasteiger partial charge in [-0.15, -0.1) is 0 Å². The Morgan fingerprint density at radius 1 is 1.50 bits per heavy atom. The van der Waals surface area contributed by atoms with E-state index in [1.165, 1.54) is 30.3 Å². The topological polar surface area (TPSA) is 59.5 Å². The maximum atomic E-state index is 13.3. The molecule has 0 fully saturated rings. The number of amides is 1. The lowest BCUT2D eigenvalue weighted by atomic mass is 10.2. The molecule has 0 saturated carbocycles. The van der Waals surface area contributed by atoms with Crippen molar-refractivity contribution in [1.29, 1.82) is 0 Å². The van der Waals surface area contributed by atoms with E-state index in [0.29, 0.717) is 6.61 Å². The molecule has 0 aromatic carbocycles. The van der Waals surface area contributed by atoms with E-state index < -0.39 is 11.9 Å². The molecular formula is C12H15FN2O3. The van der Waals surface area contributed by atoms with Crippen LogP contribution >= 0.6 is 0 Å². The van der Waals surface area contributed by atoms with Crippen molar-refractivity contribution >= 4 is 11.9 Å². The Balaban J connectivity index is 2.57. The van der Waals surface area contributed by atoms with Crippen molar-refractivity contribution in [3.05, 3.63) is 29.8 Å². The zero-order chi connectivity index (χ0) is 13.5. The minimum atomic E-state index is -0.814. The van der Waals surface area contributed by atoms with E-state index in [1.807, 2.05) is 0 Å². The Morgan fingerprint density at radius 2 is 2.22 bits per heavy atom. The lowest BCUT2D eigenvalue weighted by Crippen LogP contribution is -2.30. The van der Waals surface area contributed by atoms with Gasteiger partial charge in [-0.1, -0.05) is 0 Å². The summed E-state index contributed by atoms with van der Waals surface area (Å²) in [6, 6.07) is 2.83. The fraction of sp³-hybridized carbons (Fsp3) is 0.417. The highest BCUT2D eigenvalue weighted by Gasteiger charge is 2.17. The predicted octanol–water partition coefficient (Wildman–Crippen LogP) is 1.25. The molecule has 1 heterocycles. The molecule has 0 saturated heterocycles. The number of hydrogen-bond acceptors (Lipinski definition) is 4. The van der Waals surface area contributed by atoms with E-state index in [-0.39, 0.29) is 24.5 Å². The third-order valence-electron chi connectivity index (χ3n) is 2.29. The molecule has 6 heteroatoms. The van der Waals surface area contributed by atoms with E-state index in [2.05, 4.69) is 4.98 Å². The quantitative estimate of drug-likeness (QED) is 0.586. The number of hydrogen-bond donors (Lipinski definition) is 0. The summed E-state index contributed by atoms with van der Waals surface area (Å²) in [5, 5.41) is 0. The summed E-state index contributed by atoms with van der Waals surface area (Å²) in [4.78, 5) is 27.6. The second kappa shape index (κ2) is 6.68. The van der Waals surface area contributed by atoms with Gasteiger partial charge in [0.05, 0.1) is 18.6 Å². The van der Waals surface area contributed by atoms with Crippen molar-refractivity contribution in [2.24, 2.45) is 0 Å². The van der Waals surface area contributed by atoms with E-state index in [9.17, 15) is 14.0 Å². The highest BCUT2D eigenvalue weighted by atomic mass is 19.1. The molecule has 18 heavy (non-hydrogen) atoms. The zero-order valence-corrected chi connectivity index (χ0v) is 10.4. The monoisotopic (exact) mass is 254 g/mol. The van der Waals surface area contributed by atoms with Crippen LogP contribution in [0.3, 0.4) is 0 Å². The van der Waals surface area contributed by atoms with E-state index >= 15 is 0 Å². The maximum absolute atomic E-state index is 13.3. The van der Waals surface area contributed by atoms with Gasteiger partial charge in [0.15, 0.2) is 0 Å². The van der Waals surface area contributed by atoms with Gasteiger partial charge >= 0.3 is 5.97 Å². The van der Waals surface area contributed by atoms with Gasteiger partial charge in [0.1, 0.15) is 0 Å². The third-order valence-corrected chi connectivity index (χ3v) is 2.29. The highest BCUT2D eigenvalue weighted by molar-refractivity contribution is 5.94. The Hall–Kier alpha value is -1.98. The number of rotatable bonds is 5. The smallest absolute Gasteiger partial charge is 0.307 e. The summed E-state index contributed by atoms with van der Waals surface area (Å²) in [5.74, 6) is -1.71. The van der Waals surface area contributed by atoms with Crippen molar-refractivity contribution in [3.63, 3.8) is 0 Å². The average molecular weight is 254 g/mol. The van der Waals surface area contributed by atoms with Crippen LogP contribution in [0.15, 0.2) is 18.3 Å². The Bertz CT molecular complexity index is 437. The molecule has 0 aliphatic carbocycles. The number of esters is 1. The number of ether oxygens (including phenoxy) is 1. The van der Waals surface area contributed by atoms with Crippen LogP contribution in [-0.2, 0) is 9.53 Å². The van der Waals surface area contributed by atoms with Crippen LogP contribution in [0.25, 0.3) is 0 Å². The SMILES string of the molecule is CCOC(=O)CCN(C)C(=O)c1cccnc1F. The number of aromatic nitrogens is 1. The largest absolute Gasteiger partial charge is 0.466 e.